The highest BCUT2D eigenvalue weighted by molar-refractivity contribution is 5.79. The molecule has 0 aromatic heterocycles. The average molecular weight is 433 g/mol. The standard InChI is InChI=1S/C24H40N4O3/c1-5-25-24(26-13-19(3)28-9-11-30-15-20(28)4)27-14-22-7-6-18(2)12-23(22)31-17-21-8-10-29-16-21/h6-7,12,19-21H,5,8-11,13-17H2,1-4H3,(H2,25,26,27). The molecule has 2 N–H and O–H groups in total. The first-order valence-electron chi connectivity index (χ1n) is 11.7. The van der Waals surface area contributed by atoms with Gasteiger partial charge < -0.3 is 24.8 Å². The first-order valence-corrected chi connectivity index (χ1v) is 11.7. The van der Waals surface area contributed by atoms with Crippen LogP contribution in [0.1, 0.15) is 38.3 Å². The summed E-state index contributed by atoms with van der Waals surface area (Å²) >= 11 is 0. The van der Waals surface area contributed by atoms with E-state index < -0.39 is 0 Å². The molecule has 1 aromatic rings. The fraction of sp³-hybridized carbons (Fsp3) is 0.708. The molecule has 2 fully saturated rings. The van der Waals surface area contributed by atoms with Crippen LogP contribution in [0.5, 0.6) is 5.75 Å². The number of nitrogens with zero attached hydrogens (tertiary/aromatic N) is 2. The van der Waals surface area contributed by atoms with Crippen molar-refractivity contribution in [1.82, 2.24) is 15.5 Å². The molecule has 2 aliphatic rings. The third kappa shape index (κ3) is 7.37. The lowest BCUT2D eigenvalue weighted by molar-refractivity contribution is -0.0174. The molecule has 0 amide bonds. The average Bonchev–Trinajstić information content (AvgIpc) is 3.29. The van der Waals surface area contributed by atoms with E-state index >= 15 is 0 Å². The number of rotatable bonds is 9. The third-order valence-electron chi connectivity index (χ3n) is 6.02. The molecule has 2 heterocycles. The lowest BCUT2D eigenvalue weighted by Gasteiger charge is -2.38. The van der Waals surface area contributed by atoms with Gasteiger partial charge in [-0.15, -0.1) is 0 Å². The normalized spacial score (nSPS) is 23.5. The minimum Gasteiger partial charge on any atom is -0.493 e. The van der Waals surface area contributed by atoms with Crippen LogP contribution in [0.4, 0.5) is 0 Å². The van der Waals surface area contributed by atoms with Crippen LogP contribution in [0.3, 0.4) is 0 Å². The fourth-order valence-corrected chi connectivity index (χ4v) is 4.11. The van der Waals surface area contributed by atoms with E-state index in [2.05, 4.69) is 61.4 Å². The van der Waals surface area contributed by atoms with E-state index in [4.69, 9.17) is 19.2 Å². The molecule has 3 atom stereocenters. The molecule has 3 rings (SSSR count). The first kappa shape index (κ1) is 23.8. The maximum Gasteiger partial charge on any atom is 0.191 e. The van der Waals surface area contributed by atoms with Crippen LogP contribution >= 0.6 is 0 Å². The second-order valence-corrected chi connectivity index (χ2v) is 8.74. The second kappa shape index (κ2) is 12.3. The largest absolute Gasteiger partial charge is 0.493 e. The van der Waals surface area contributed by atoms with Gasteiger partial charge in [0.25, 0.3) is 0 Å². The Hall–Kier alpha value is -1.83. The Morgan fingerprint density at radius 1 is 1.26 bits per heavy atom. The van der Waals surface area contributed by atoms with E-state index in [1.807, 2.05) is 0 Å². The molecule has 31 heavy (non-hydrogen) atoms. The second-order valence-electron chi connectivity index (χ2n) is 8.74. The molecule has 0 spiro atoms. The number of morpholine rings is 1. The van der Waals surface area contributed by atoms with Crippen LogP contribution in [0.15, 0.2) is 23.2 Å². The molecule has 7 heteroatoms. The van der Waals surface area contributed by atoms with Gasteiger partial charge in [-0.25, -0.2) is 4.99 Å². The van der Waals surface area contributed by atoms with Gasteiger partial charge in [0, 0.05) is 49.8 Å². The van der Waals surface area contributed by atoms with E-state index in [0.717, 1.165) is 69.8 Å². The van der Waals surface area contributed by atoms with Crippen molar-refractivity contribution in [3.8, 4) is 5.75 Å². The molecule has 0 bridgehead atoms. The van der Waals surface area contributed by atoms with Crippen LogP contribution in [0, 0.1) is 12.8 Å². The highest BCUT2D eigenvalue weighted by atomic mass is 16.5. The first-order chi connectivity index (χ1) is 15.1. The number of guanidine groups is 1. The van der Waals surface area contributed by atoms with Gasteiger partial charge in [-0.1, -0.05) is 12.1 Å². The highest BCUT2D eigenvalue weighted by Gasteiger charge is 2.23. The van der Waals surface area contributed by atoms with Crippen molar-refractivity contribution >= 4 is 5.96 Å². The van der Waals surface area contributed by atoms with Crippen molar-refractivity contribution in [2.45, 2.75) is 52.7 Å². The number of hydrogen-bond donors (Lipinski definition) is 2. The zero-order chi connectivity index (χ0) is 22.1. The van der Waals surface area contributed by atoms with Gasteiger partial charge in [-0.2, -0.15) is 0 Å². The van der Waals surface area contributed by atoms with Crippen molar-refractivity contribution in [1.29, 1.82) is 0 Å². The summed E-state index contributed by atoms with van der Waals surface area (Å²) < 4.78 is 17.2. The van der Waals surface area contributed by atoms with Crippen molar-refractivity contribution in [3.63, 3.8) is 0 Å². The Morgan fingerprint density at radius 3 is 2.84 bits per heavy atom. The summed E-state index contributed by atoms with van der Waals surface area (Å²) in [5.74, 6) is 2.26. The number of nitrogens with one attached hydrogen (secondary N) is 2. The Bertz CT molecular complexity index is 706. The van der Waals surface area contributed by atoms with Crippen molar-refractivity contribution < 1.29 is 14.2 Å². The van der Waals surface area contributed by atoms with Gasteiger partial charge in [0.1, 0.15) is 5.75 Å². The highest BCUT2D eigenvalue weighted by Crippen LogP contribution is 2.23. The molecule has 2 aliphatic heterocycles. The molecule has 2 saturated heterocycles. The molecule has 0 aliphatic carbocycles. The Labute approximate surface area is 187 Å². The van der Waals surface area contributed by atoms with E-state index in [1.165, 1.54) is 5.56 Å². The van der Waals surface area contributed by atoms with Gasteiger partial charge in [-0.05, 0) is 45.7 Å². The summed E-state index contributed by atoms with van der Waals surface area (Å²) in [4.78, 5) is 7.34. The number of hydrogen-bond acceptors (Lipinski definition) is 5. The van der Waals surface area contributed by atoms with Gasteiger partial charge in [0.15, 0.2) is 5.96 Å². The lowest BCUT2D eigenvalue weighted by Crippen LogP contribution is -2.53. The Morgan fingerprint density at radius 2 is 2.10 bits per heavy atom. The third-order valence-corrected chi connectivity index (χ3v) is 6.02. The van der Waals surface area contributed by atoms with Gasteiger partial charge in [0.05, 0.1) is 33.0 Å². The SMILES string of the molecule is CCNC(=NCc1ccc(C)cc1OCC1CCOC1)NCC(C)N1CCOCC1C. The van der Waals surface area contributed by atoms with Gasteiger partial charge in [0.2, 0.25) is 0 Å². The summed E-state index contributed by atoms with van der Waals surface area (Å²) in [6.07, 6.45) is 1.08. The molecule has 174 valence electrons. The summed E-state index contributed by atoms with van der Waals surface area (Å²) in [6, 6.07) is 7.22. The predicted molar refractivity (Wildman–Crippen MR) is 125 cm³/mol. The molecular weight excluding hydrogens is 392 g/mol. The van der Waals surface area contributed by atoms with E-state index in [9.17, 15) is 0 Å². The van der Waals surface area contributed by atoms with Crippen LogP contribution < -0.4 is 15.4 Å². The number of aryl methyl sites for hydroxylation is 1. The van der Waals surface area contributed by atoms with E-state index in [0.29, 0.717) is 31.2 Å². The van der Waals surface area contributed by atoms with Crippen molar-refractivity contribution in [3.05, 3.63) is 29.3 Å². The van der Waals surface area contributed by atoms with E-state index in [1.54, 1.807) is 0 Å². The maximum atomic E-state index is 6.17. The van der Waals surface area contributed by atoms with Crippen molar-refractivity contribution in [2.24, 2.45) is 10.9 Å². The minimum absolute atomic E-state index is 0.412. The molecular formula is C24H40N4O3. The molecule has 3 unspecified atom stereocenters. The molecule has 1 aromatic carbocycles. The summed E-state index contributed by atoms with van der Waals surface area (Å²) in [5.41, 5.74) is 2.31. The summed E-state index contributed by atoms with van der Waals surface area (Å²) in [6.45, 7) is 15.9. The quantitative estimate of drug-likeness (QED) is 0.462. The predicted octanol–water partition coefficient (Wildman–Crippen LogP) is 2.57. The molecule has 7 nitrogen and oxygen atoms in total. The zero-order valence-electron chi connectivity index (χ0n) is 19.7. The minimum atomic E-state index is 0.412. The Kier molecular flexibility index (Phi) is 9.43. The summed E-state index contributed by atoms with van der Waals surface area (Å²) in [7, 11) is 0. The van der Waals surface area contributed by atoms with Crippen molar-refractivity contribution in [2.75, 3.05) is 52.7 Å². The lowest BCUT2D eigenvalue weighted by atomic mass is 10.1. The molecule has 0 saturated carbocycles. The fourth-order valence-electron chi connectivity index (χ4n) is 4.11. The monoisotopic (exact) mass is 432 g/mol. The van der Waals surface area contributed by atoms with Crippen LogP contribution in [0.25, 0.3) is 0 Å². The van der Waals surface area contributed by atoms with Crippen LogP contribution in [0.2, 0.25) is 0 Å². The van der Waals surface area contributed by atoms with Crippen LogP contribution in [-0.4, -0.2) is 75.6 Å². The number of benzene rings is 1. The van der Waals surface area contributed by atoms with Gasteiger partial charge in [-0.3, -0.25) is 4.90 Å². The van der Waals surface area contributed by atoms with Gasteiger partial charge >= 0.3 is 0 Å². The van der Waals surface area contributed by atoms with Crippen LogP contribution in [-0.2, 0) is 16.0 Å². The smallest absolute Gasteiger partial charge is 0.191 e. The maximum absolute atomic E-state index is 6.17. The Balaban J connectivity index is 1.58. The number of ether oxygens (including phenoxy) is 3. The topological polar surface area (TPSA) is 67.4 Å². The molecule has 0 radical (unpaired) electrons. The summed E-state index contributed by atoms with van der Waals surface area (Å²) in [5, 5.41) is 6.88. The van der Waals surface area contributed by atoms with E-state index in [-0.39, 0.29) is 0 Å². The zero-order valence-corrected chi connectivity index (χ0v) is 19.7. The number of aliphatic imine (C=N–C) groups is 1.